The summed E-state index contributed by atoms with van der Waals surface area (Å²) in [5.41, 5.74) is 6.12. The quantitative estimate of drug-likeness (QED) is 0.660. The Labute approximate surface area is 122 Å². The molecular formula is C14H8ClF3N2O. The molecule has 0 saturated carbocycles. The van der Waals surface area contributed by atoms with E-state index in [1.807, 2.05) is 0 Å². The Hall–Kier alpha value is -2.21. The highest BCUT2D eigenvalue weighted by atomic mass is 35.5. The van der Waals surface area contributed by atoms with Crippen molar-refractivity contribution in [2.75, 3.05) is 5.73 Å². The van der Waals surface area contributed by atoms with Crippen molar-refractivity contribution in [2.24, 2.45) is 0 Å². The molecule has 108 valence electrons. The summed E-state index contributed by atoms with van der Waals surface area (Å²) in [7, 11) is 0. The lowest BCUT2D eigenvalue weighted by Crippen LogP contribution is -2.03. The minimum Gasteiger partial charge on any atom is -0.436 e. The molecule has 3 aromatic rings. The number of fused-ring (bicyclic) bond motifs is 1. The number of nitrogens with two attached hydrogens (primary N) is 1. The van der Waals surface area contributed by atoms with E-state index >= 15 is 0 Å². The van der Waals surface area contributed by atoms with E-state index in [1.165, 1.54) is 6.07 Å². The van der Waals surface area contributed by atoms with Crippen molar-refractivity contribution in [1.29, 1.82) is 0 Å². The Morgan fingerprint density at radius 1 is 1.10 bits per heavy atom. The van der Waals surface area contributed by atoms with Crippen LogP contribution in [0.3, 0.4) is 0 Å². The average Bonchev–Trinajstić information content (AvgIpc) is 2.83. The highest BCUT2D eigenvalue weighted by Gasteiger charge is 2.31. The van der Waals surface area contributed by atoms with Crippen molar-refractivity contribution < 1.29 is 17.6 Å². The van der Waals surface area contributed by atoms with Crippen molar-refractivity contribution in [3.63, 3.8) is 0 Å². The first-order valence-electron chi connectivity index (χ1n) is 5.88. The lowest BCUT2D eigenvalue weighted by Gasteiger charge is -2.04. The van der Waals surface area contributed by atoms with Gasteiger partial charge in [-0.2, -0.15) is 13.2 Å². The van der Waals surface area contributed by atoms with Gasteiger partial charge in [-0.1, -0.05) is 11.6 Å². The number of hydrogen-bond donors (Lipinski definition) is 1. The fourth-order valence-electron chi connectivity index (χ4n) is 1.93. The molecule has 0 radical (unpaired) electrons. The molecule has 7 heteroatoms. The van der Waals surface area contributed by atoms with Gasteiger partial charge in [0, 0.05) is 5.69 Å². The topological polar surface area (TPSA) is 52.0 Å². The molecule has 0 bridgehead atoms. The van der Waals surface area contributed by atoms with Crippen molar-refractivity contribution >= 4 is 28.4 Å². The first-order valence-corrected chi connectivity index (χ1v) is 6.25. The van der Waals surface area contributed by atoms with Crippen LogP contribution in [0.2, 0.25) is 5.02 Å². The summed E-state index contributed by atoms with van der Waals surface area (Å²) >= 11 is 6.03. The van der Waals surface area contributed by atoms with Gasteiger partial charge in [0.2, 0.25) is 5.89 Å². The van der Waals surface area contributed by atoms with Gasteiger partial charge in [-0.05, 0) is 36.4 Å². The first-order chi connectivity index (χ1) is 9.84. The van der Waals surface area contributed by atoms with Crippen LogP contribution in [0, 0.1) is 0 Å². The molecule has 0 aliphatic carbocycles. The highest BCUT2D eigenvalue weighted by Crippen LogP contribution is 2.34. The molecule has 0 fully saturated rings. The third kappa shape index (κ3) is 2.54. The molecule has 0 aliphatic rings. The maximum Gasteiger partial charge on any atom is 0.416 e. The molecule has 0 spiro atoms. The largest absolute Gasteiger partial charge is 0.436 e. The monoisotopic (exact) mass is 312 g/mol. The Morgan fingerprint density at radius 3 is 2.57 bits per heavy atom. The number of rotatable bonds is 1. The predicted molar refractivity (Wildman–Crippen MR) is 73.9 cm³/mol. The number of alkyl halides is 3. The van der Waals surface area contributed by atoms with Crippen molar-refractivity contribution in [3.05, 3.63) is 47.0 Å². The number of halogens is 4. The number of aromatic nitrogens is 1. The van der Waals surface area contributed by atoms with Gasteiger partial charge in [0.1, 0.15) is 5.52 Å². The van der Waals surface area contributed by atoms with E-state index in [4.69, 9.17) is 21.8 Å². The lowest BCUT2D eigenvalue weighted by molar-refractivity contribution is -0.137. The number of oxazole rings is 1. The standard InChI is InChI=1S/C14H8ClF3N2O/c15-10-3-2-8(19)6-9(10)13-20-11-5-7(14(16,17)18)1-4-12(11)21-13/h1-6H,19H2. The fraction of sp³-hybridized carbons (Fsp3) is 0.0714. The van der Waals surface area contributed by atoms with E-state index in [0.717, 1.165) is 12.1 Å². The summed E-state index contributed by atoms with van der Waals surface area (Å²) < 4.78 is 43.4. The number of nitrogen functional groups attached to an aromatic ring is 1. The highest BCUT2D eigenvalue weighted by molar-refractivity contribution is 6.33. The van der Waals surface area contributed by atoms with Gasteiger partial charge in [0.05, 0.1) is 16.1 Å². The summed E-state index contributed by atoms with van der Waals surface area (Å²) in [6.07, 6.45) is -4.43. The molecule has 0 aliphatic heterocycles. The normalized spacial score (nSPS) is 12.0. The second-order valence-corrected chi connectivity index (χ2v) is 4.85. The van der Waals surface area contributed by atoms with Crippen LogP contribution in [-0.4, -0.2) is 4.98 Å². The Morgan fingerprint density at radius 2 is 1.86 bits per heavy atom. The minimum atomic E-state index is -4.43. The smallest absolute Gasteiger partial charge is 0.416 e. The number of hydrogen-bond acceptors (Lipinski definition) is 3. The lowest BCUT2D eigenvalue weighted by atomic mass is 10.2. The molecule has 0 atom stereocenters. The third-order valence-corrected chi connectivity index (χ3v) is 3.27. The molecule has 0 saturated heterocycles. The van der Waals surface area contributed by atoms with E-state index in [1.54, 1.807) is 18.2 Å². The second-order valence-electron chi connectivity index (χ2n) is 4.44. The first kappa shape index (κ1) is 13.8. The van der Waals surface area contributed by atoms with Gasteiger partial charge in [0.25, 0.3) is 0 Å². The van der Waals surface area contributed by atoms with E-state index in [9.17, 15) is 13.2 Å². The molecule has 21 heavy (non-hydrogen) atoms. The summed E-state index contributed by atoms with van der Waals surface area (Å²) in [6.45, 7) is 0. The SMILES string of the molecule is Nc1ccc(Cl)c(-c2nc3cc(C(F)(F)F)ccc3o2)c1. The molecule has 0 amide bonds. The van der Waals surface area contributed by atoms with E-state index in [-0.39, 0.29) is 17.0 Å². The molecule has 2 aromatic carbocycles. The summed E-state index contributed by atoms with van der Waals surface area (Å²) in [4.78, 5) is 4.05. The van der Waals surface area contributed by atoms with Gasteiger partial charge < -0.3 is 10.2 Å². The number of benzene rings is 2. The van der Waals surface area contributed by atoms with Crippen LogP contribution in [0.5, 0.6) is 0 Å². The molecule has 3 nitrogen and oxygen atoms in total. The third-order valence-electron chi connectivity index (χ3n) is 2.94. The predicted octanol–water partition coefficient (Wildman–Crippen LogP) is 4.75. The van der Waals surface area contributed by atoms with Crippen LogP contribution >= 0.6 is 11.6 Å². The molecule has 0 unspecified atom stereocenters. The minimum absolute atomic E-state index is 0.110. The molecule has 1 aromatic heterocycles. The second kappa shape index (κ2) is 4.66. The Balaban J connectivity index is 2.15. The molecule has 1 heterocycles. The van der Waals surface area contributed by atoms with Gasteiger partial charge in [-0.25, -0.2) is 4.98 Å². The molecular weight excluding hydrogens is 305 g/mol. The van der Waals surface area contributed by atoms with E-state index in [0.29, 0.717) is 16.3 Å². The van der Waals surface area contributed by atoms with E-state index < -0.39 is 11.7 Å². The zero-order valence-electron chi connectivity index (χ0n) is 10.4. The summed E-state index contributed by atoms with van der Waals surface area (Å²) in [5, 5.41) is 0.354. The van der Waals surface area contributed by atoms with Crippen LogP contribution in [-0.2, 0) is 6.18 Å². The zero-order valence-corrected chi connectivity index (χ0v) is 11.2. The van der Waals surface area contributed by atoms with Gasteiger partial charge in [-0.3, -0.25) is 0 Å². The van der Waals surface area contributed by atoms with Crippen molar-refractivity contribution in [2.45, 2.75) is 6.18 Å². The zero-order chi connectivity index (χ0) is 15.2. The maximum atomic E-state index is 12.7. The average molecular weight is 313 g/mol. The summed E-state index contributed by atoms with van der Waals surface area (Å²) in [6, 6.07) is 7.84. The van der Waals surface area contributed by atoms with Crippen LogP contribution in [0.1, 0.15) is 5.56 Å². The summed E-state index contributed by atoms with van der Waals surface area (Å²) in [5.74, 6) is 0.127. The molecule has 3 rings (SSSR count). The fourth-order valence-corrected chi connectivity index (χ4v) is 2.12. The van der Waals surface area contributed by atoms with Crippen molar-refractivity contribution in [1.82, 2.24) is 4.98 Å². The number of anilines is 1. The molecule has 2 N–H and O–H groups in total. The van der Waals surface area contributed by atoms with Gasteiger partial charge in [-0.15, -0.1) is 0 Å². The Bertz CT molecular complexity index is 827. The number of nitrogens with zero attached hydrogens (tertiary/aromatic N) is 1. The van der Waals surface area contributed by atoms with Crippen LogP contribution in [0.4, 0.5) is 18.9 Å². The van der Waals surface area contributed by atoms with Crippen LogP contribution in [0.25, 0.3) is 22.6 Å². The maximum absolute atomic E-state index is 12.7. The van der Waals surface area contributed by atoms with Crippen molar-refractivity contribution in [3.8, 4) is 11.5 Å². The van der Waals surface area contributed by atoms with E-state index in [2.05, 4.69) is 4.98 Å². The Kier molecular flexibility index (Phi) is 3.06. The van der Waals surface area contributed by atoms with Crippen LogP contribution < -0.4 is 5.73 Å². The van der Waals surface area contributed by atoms with Crippen LogP contribution in [0.15, 0.2) is 40.8 Å². The van der Waals surface area contributed by atoms with Gasteiger partial charge >= 0.3 is 6.18 Å². The van der Waals surface area contributed by atoms with Gasteiger partial charge in [0.15, 0.2) is 5.58 Å².